The Morgan fingerprint density at radius 3 is 2.72 bits per heavy atom. The van der Waals surface area contributed by atoms with E-state index in [1.54, 1.807) is 6.07 Å². The molecule has 2 aromatic heterocycles. The lowest BCUT2D eigenvalue weighted by atomic mass is 9.95. The third-order valence-corrected chi connectivity index (χ3v) is 5.63. The highest BCUT2D eigenvalue weighted by molar-refractivity contribution is 7.08. The first-order chi connectivity index (χ1) is 14.1. The van der Waals surface area contributed by atoms with Crippen LogP contribution in [-0.2, 0) is 4.74 Å². The molecule has 0 spiro atoms. The van der Waals surface area contributed by atoms with Crippen LogP contribution in [0.4, 0.5) is 5.69 Å². The second kappa shape index (κ2) is 8.05. The van der Waals surface area contributed by atoms with Crippen LogP contribution < -0.4 is 10.1 Å². The summed E-state index contributed by atoms with van der Waals surface area (Å²) in [5, 5.41) is 7.40. The van der Waals surface area contributed by atoms with Gasteiger partial charge in [-0.1, -0.05) is 18.2 Å². The predicted molar refractivity (Wildman–Crippen MR) is 114 cm³/mol. The lowest BCUT2D eigenvalue weighted by Crippen LogP contribution is -2.15. The largest absolute Gasteiger partial charge is 0.480 e. The van der Waals surface area contributed by atoms with E-state index in [1.807, 2.05) is 29.0 Å². The Balaban J connectivity index is 1.93. The number of hydrogen-bond acceptors (Lipinski definition) is 6. The minimum atomic E-state index is -0.539. The van der Waals surface area contributed by atoms with Crippen molar-refractivity contribution >= 4 is 45.4 Å². The first-order valence-electron chi connectivity index (χ1n) is 9.25. The van der Waals surface area contributed by atoms with Gasteiger partial charge in [-0.15, -0.1) is 0 Å². The van der Waals surface area contributed by atoms with E-state index in [-0.39, 0.29) is 17.4 Å². The van der Waals surface area contributed by atoms with Crippen LogP contribution in [0.5, 0.6) is 5.88 Å². The molecule has 29 heavy (non-hydrogen) atoms. The van der Waals surface area contributed by atoms with Crippen LogP contribution >= 0.6 is 11.3 Å². The number of aromatic nitrogens is 1. The number of allylic oxidation sites excluding steroid dienone is 2. The van der Waals surface area contributed by atoms with Crippen LogP contribution in [0.3, 0.4) is 0 Å². The molecule has 0 unspecified atom stereocenters. The highest BCUT2D eigenvalue weighted by Crippen LogP contribution is 2.35. The summed E-state index contributed by atoms with van der Waals surface area (Å²) in [4.78, 5) is 29.9. The number of methoxy groups -OCH3 is 2. The average Bonchev–Trinajstić information content (AvgIpc) is 3.45. The molecule has 0 bridgehead atoms. The molecule has 2 heterocycles. The van der Waals surface area contributed by atoms with Crippen molar-refractivity contribution in [2.75, 3.05) is 19.5 Å². The summed E-state index contributed by atoms with van der Waals surface area (Å²) < 4.78 is 10.2. The number of nitrogens with zero attached hydrogens (tertiary/aromatic N) is 1. The Morgan fingerprint density at radius 1 is 1.21 bits per heavy atom. The highest BCUT2D eigenvalue weighted by Gasteiger charge is 2.24. The Kier molecular flexibility index (Phi) is 5.31. The Bertz CT molecular complexity index is 1120. The monoisotopic (exact) mass is 408 g/mol. The number of fused-ring (bicyclic) bond motifs is 1. The van der Waals surface area contributed by atoms with E-state index in [9.17, 15) is 9.59 Å². The summed E-state index contributed by atoms with van der Waals surface area (Å²) in [5.41, 5.74) is 3.94. The van der Waals surface area contributed by atoms with Gasteiger partial charge in [-0.25, -0.2) is 9.78 Å². The number of nitrogens with one attached hydrogen (secondary N) is 1. The van der Waals surface area contributed by atoms with Gasteiger partial charge in [0.2, 0.25) is 5.88 Å². The van der Waals surface area contributed by atoms with Crippen molar-refractivity contribution in [3.63, 3.8) is 0 Å². The van der Waals surface area contributed by atoms with Gasteiger partial charge < -0.3 is 14.8 Å². The van der Waals surface area contributed by atoms with E-state index in [0.29, 0.717) is 16.5 Å². The normalized spacial score (nSPS) is 13.2. The van der Waals surface area contributed by atoms with Crippen LogP contribution in [0.15, 0.2) is 41.1 Å². The molecule has 1 aliphatic rings. The average molecular weight is 408 g/mol. The van der Waals surface area contributed by atoms with Crippen molar-refractivity contribution in [2.45, 2.75) is 19.3 Å². The summed E-state index contributed by atoms with van der Waals surface area (Å²) in [6.07, 6.45) is 5.15. The van der Waals surface area contributed by atoms with Crippen LogP contribution in [-0.4, -0.2) is 31.1 Å². The number of pyridine rings is 1. The number of amides is 1. The third kappa shape index (κ3) is 3.61. The minimum Gasteiger partial charge on any atom is -0.480 e. The fourth-order valence-corrected chi connectivity index (χ4v) is 4.16. The van der Waals surface area contributed by atoms with Crippen molar-refractivity contribution in [1.82, 2.24) is 4.98 Å². The maximum absolute atomic E-state index is 13.3. The van der Waals surface area contributed by atoms with Gasteiger partial charge in [-0.3, -0.25) is 4.79 Å². The van der Waals surface area contributed by atoms with Crippen molar-refractivity contribution in [2.24, 2.45) is 0 Å². The van der Waals surface area contributed by atoms with Gasteiger partial charge in [-0.05, 0) is 47.9 Å². The van der Waals surface area contributed by atoms with Gasteiger partial charge in [0.1, 0.15) is 5.56 Å². The van der Waals surface area contributed by atoms with Gasteiger partial charge in [-0.2, -0.15) is 11.3 Å². The summed E-state index contributed by atoms with van der Waals surface area (Å²) in [6, 6.07) is 7.31. The van der Waals surface area contributed by atoms with Gasteiger partial charge in [0.15, 0.2) is 0 Å². The number of benzene rings is 1. The molecule has 4 rings (SSSR count). The van der Waals surface area contributed by atoms with Crippen LogP contribution in [0.25, 0.3) is 16.5 Å². The molecule has 148 valence electrons. The number of carbonyl (C=O) groups excluding carboxylic acids is 2. The maximum Gasteiger partial charge on any atom is 0.343 e. The Morgan fingerprint density at radius 2 is 2.07 bits per heavy atom. The maximum atomic E-state index is 13.3. The lowest BCUT2D eigenvalue weighted by Gasteiger charge is -2.15. The fourth-order valence-electron chi connectivity index (χ4n) is 3.58. The molecule has 6 nitrogen and oxygen atoms in total. The minimum absolute atomic E-state index is 0.131. The Labute approximate surface area is 172 Å². The zero-order valence-corrected chi connectivity index (χ0v) is 17.0. The SMILES string of the molecule is COC(=O)c1cc2ccc(C3=CCCC3)c(C(=O)Nc3ccsc3)c2nc1OC. The van der Waals surface area contributed by atoms with Crippen molar-refractivity contribution in [3.8, 4) is 5.88 Å². The predicted octanol–water partition coefficient (Wildman–Crippen LogP) is 4.91. The quantitative estimate of drug-likeness (QED) is 0.607. The van der Waals surface area contributed by atoms with E-state index in [4.69, 9.17) is 9.47 Å². The first-order valence-corrected chi connectivity index (χ1v) is 10.2. The van der Waals surface area contributed by atoms with E-state index < -0.39 is 5.97 Å². The molecular weight excluding hydrogens is 388 g/mol. The number of ether oxygens (including phenoxy) is 2. The summed E-state index contributed by atoms with van der Waals surface area (Å²) >= 11 is 1.51. The van der Waals surface area contributed by atoms with E-state index in [0.717, 1.165) is 36.1 Å². The van der Waals surface area contributed by atoms with Crippen LogP contribution in [0.2, 0.25) is 0 Å². The Hall–Kier alpha value is -3.19. The standard InChI is InChI=1S/C22H20N2O4S/c1-27-21-17(22(26)28-2)11-14-7-8-16(13-5-3-4-6-13)18(19(14)24-21)20(25)23-15-9-10-29-12-15/h5,7-12H,3-4,6H2,1-2H3,(H,23,25). The zero-order chi connectivity index (χ0) is 20.4. The molecular formula is C22H20N2O4S. The lowest BCUT2D eigenvalue weighted by molar-refractivity contribution is 0.0596. The third-order valence-electron chi connectivity index (χ3n) is 4.94. The second-order valence-corrected chi connectivity index (χ2v) is 7.46. The van der Waals surface area contributed by atoms with Crippen LogP contribution in [0.1, 0.15) is 45.5 Å². The number of thiophene rings is 1. The topological polar surface area (TPSA) is 77.5 Å². The molecule has 0 aliphatic heterocycles. The van der Waals surface area contributed by atoms with Crippen molar-refractivity contribution in [1.29, 1.82) is 0 Å². The number of anilines is 1. The van der Waals surface area contributed by atoms with Gasteiger partial charge in [0.05, 0.1) is 31.0 Å². The molecule has 1 amide bonds. The summed E-state index contributed by atoms with van der Waals surface area (Å²) in [7, 11) is 2.75. The summed E-state index contributed by atoms with van der Waals surface area (Å²) in [5.74, 6) is -0.647. The summed E-state index contributed by atoms with van der Waals surface area (Å²) in [6.45, 7) is 0. The zero-order valence-electron chi connectivity index (χ0n) is 16.2. The number of hydrogen-bond donors (Lipinski definition) is 1. The van der Waals surface area contributed by atoms with Crippen LogP contribution in [0, 0.1) is 0 Å². The fraction of sp³-hybridized carbons (Fsp3) is 0.227. The molecule has 0 atom stereocenters. The molecule has 0 fully saturated rings. The molecule has 0 saturated carbocycles. The molecule has 7 heteroatoms. The van der Waals surface area contributed by atoms with Gasteiger partial charge in [0, 0.05) is 10.8 Å². The first kappa shape index (κ1) is 19.1. The number of carbonyl (C=O) groups is 2. The molecule has 1 N–H and O–H groups in total. The highest BCUT2D eigenvalue weighted by atomic mass is 32.1. The number of rotatable bonds is 5. The molecule has 1 aromatic carbocycles. The molecule has 3 aromatic rings. The van der Waals surface area contributed by atoms with Crippen molar-refractivity contribution < 1.29 is 19.1 Å². The molecule has 0 saturated heterocycles. The van der Waals surface area contributed by atoms with E-state index in [1.165, 1.54) is 25.6 Å². The number of esters is 1. The van der Waals surface area contributed by atoms with E-state index in [2.05, 4.69) is 16.4 Å². The molecule has 1 aliphatic carbocycles. The van der Waals surface area contributed by atoms with Gasteiger partial charge >= 0.3 is 5.97 Å². The van der Waals surface area contributed by atoms with E-state index >= 15 is 0 Å². The smallest absolute Gasteiger partial charge is 0.343 e. The van der Waals surface area contributed by atoms with Gasteiger partial charge in [0.25, 0.3) is 5.91 Å². The second-order valence-electron chi connectivity index (χ2n) is 6.68. The van der Waals surface area contributed by atoms with Crippen molar-refractivity contribution in [3.05, 3.63) is 57.8 Å². The molecule has 0 radical (unpaired) electrons.